The van der Waals surface area contributed by atoms with Crippen molar-refractivity contribution in [1.82, 2.24) is 9.97 Å². The lowest BCUT2D eigenvalue weighted by atomic mass is 10.2. The molecule has 26 heavy (non-hydrogen) atoms. The Labute approximate surface area is 151 Å². The van der Waals surface area contributed by atoms with Crippen LogP contribution in [0.2, 0.25) is 0 Å². The fourth-order valence-corrected chi connectivity index (χ4v) is 2.98. The fraction of sp³-hybridized carbons (Fsp3) is 0.412. The van der Waals surface area contributed by atoms with E-state index in [-0.39, 0.29) is 29.5 Å². The summed E-state index contributed by atoms with van der Waals surface area (Å²) in [5.74, 6) is 0.263. The molecule has 0 radical (unpaired) electrons. The molecule has 0 bridgehead atoms. The highest BCUT2D eigenvalue weighted by Gasteiger charge is 2.29. The average Bonchev–Trinajstić information content (AvgIpc) is 2.55. The van der Waals surface area contributed by atoms with Crippen molar-refractivity contribution in [2.45, 2.75) is 33.0 Å². The maximum Gasteiger partial charge on any atom is 0.353 e. The molecule has 0 amide bonds. The van der Waals surface area contributed by atoms with E-state index in [1.807, 2.05) is 49.9 Å². The van der Waals surface area contributed by atoms with Crippen LogP contribution < -0.4 is 16.0 Å². The van der Waals surface area contributed by atoms with Gasteiger partial charge in [0.2, 0.25) is 17.6 Å². The molecule has 1 aliphatic rings. The zero-order valence-corrected chi connectivity index (χ0v) is 15.0. The van der Waals surface area contributed by atoms with E-state index in [1.54, 1.807) is 0 Å². The van der Waals surface area contributed by atoms with Crippen LogP contribution in [0, 0.1) is 17.0 Å². The Morgan fingerprint density at radius 3 is 2.42 bits per heavy atom. The molecule has 0 unspecified atom stereocenters. The molecule has 1 fully saturated rings. The molecule has 138 valence electrons. The molecule has 0 saturated carbocycles. The number of aryl methyl sites for hydroxylation is 1. The van der Waals surface area contributed by atoms with Crippen LogP contribution in [0.5, 0.6) is 0 Å². The van der Waals surface area contributed by atoms with Gasteiger partial charge in [0.25, 0.3) is 0 Å². The molecular formula is C17H22N6O3. The van der Waals surface area contributed by atoms with Crippen molar-refractivity contribution in [3.8, 4) is 0 Å². The van der Waals surface area contributed by atoms with Crippen LogP contribution in [-0.4, -0.2) is 40.2 Å². The Bertz CT molecular complexity index is 801. The lowest BCUT2D eigenvalue weighted by molar-refractivity contribution is -0.383. The van der Waals surface area contributed by atoms with E-state index in [0.29, 0.717) is 24.7 Å². The van der Waals surface area contributed by atoms with Crippen molar-refractivity contribution < 1.29 is 9.66 Å². The van der Waals surface area contributed by atoms with E-state index >= 15 is 0 Å². The van der Waals surface area contributed by atoms with Gasteiger partial charge in [0, 0.05) is 18.8 Å². The van der Waals surface area contributed by atoms with Crippen molar-refractivity contribution in [3.05, 3.63) is 39.9 Å². The normalized spacial score (nSPS) is 20.0. The molecule has 9 heteroatoms. The second-order valence-electron chi connectivity index (χ2n) is 6.52. The van der Waals surface area contributed by atoms with Crippen LogP contribution in [0.1, 0.15) is 19.4 Å². The molecule has 1 saturated heterocycles. The number of benzene rings is 1. The summed E-state index contributed by atoms with van der Waals surface area (Å²) in [4.78, 5) is 21.4. The number of ether oxygens (including phenoxy) is 1. The third-order valence-electron chi connectivity index (χ3n) is 4.10. The van der Waals surface area contributed by atoms with E-state index in [0.717, 1.165) is 5.56 Å². The van der Waals surface area contributed by atoms with Crippen molar-refractivity contribution in [2.75, 3.05) is 29.0 Å². The van der Waals surface area contributed by atoms with Crippen LogP contribution in [0.25, 0.3) is 0 Å². The summed E-state index contributed by atoms with van der Waals surface area (Å²) < 4.78 is 5.71. The minimum Gasteiger partial charge on any atom is -0.378 e. The molecule has 1 aliphatic heterocycles. The molecular weight excluding hydrogens is 336 g/mol. The number of hydrogen-bond acceptors (Lipinski definition) is 8. The average molecular weight is 358 g/mol. The topological polar surface area (TPSA) is 119 Å². The zero-order chi connectivity index (χ0) is 18.8. The summed E-state index contributed by atoms with van der Waals surface area (Å²) in [6, 6.07) is 7.47. The molecule has 0 spiro atoms. The van der Waals surface area contributed by atoms with Crippen LogP contribution in [0.3, 0.4) is 0 Å². The van der Waals surface area contributed by atoms with Crippen LogP contribution in [-0.2, 0) is 4.74 Å². The van der Waals surface area contributed by atoms with E-state index < -0.39 is 4.92 Å². The van der Waals surface area contributed by atoms with Gasteiger partial charge in [-0.1, -0.05) is 17.7 Å². The highest BCUT2D eigenvalue weighted by Crippen LogP contribution is 2.33. The Hall–Kier alpha value is -2.94. The predicted octanol–water partition coefficient (Wildman–Crippen LogP) is 2.63. The van der Waals surface area contributed by atoms with Crippen LogP contribution in [0.4, 0.5) is 29.0 Å². The lowest BCUT2D eigenvalue weighted by Gasteiger charge is -2.35. The second-order valence-corrected chi connectivity index (χ2v) is 6.52. The first-order valence-electron chi connectivity index (χ1n) is 8.39. The standard InChI is InChI=1S/C17H22N6O3/c1-10-4-6-13(7-5-10)19-16-14(23(24)25)15(18)20-17(21-16)22-8-11(2)26-12(3)9-22/h4-7,11-12H,8-9H2,1-3H3,(H3,18,19,20,21)/t11-,12+. The Morgan fingerprint density at radius 1 is 1.23 bits per heavy atom. The molecule has 9 nitrogen and oxygen atoms in total. The maximum atomic E-state index is 11.5. The van der Waals surface area contributed by atoms with E-state index in [1.165, 1.54) is 0 Å². The van der Waals surface area contributed by atoms with Crippen LogP contribution >= 0.6 is 0 Å². The van der Waals surface area contributed by atoms with Gasteiger partial charge in [-0.05, 0) is 32.9 Å². The third kappa shape index (κ3) is 3.83. The number of morpholine rings is 1. The summed E-state index contributed by atoms with van der Waals surface area (Å²) >= 11 is 0. The number of hydrogen-bond donors (Lipinski definition) is 2. The molecule has 3 N–H and O–H groups in total. The highest BCUT2D eigenvalue weighted by atomic mass is 16.6. The number of anilines is 4. The number of nitrogens with two attached hydrogens (primary N) is 1. The van der Waals surface area contributed by atoms with Gasteiger partial charge in [0.1, 0.15) is 0 Å². The molecule has 0 aliphatic carbocycles. The number of rotatable bonds is 4. The molecule has 2 heterocycles. The first-order valence-corrected chi connectivity index (χ1v) is 8.39. The number of aromatic nitrogens is 2. The summed E-state index contributed by atoms with van der Waals surface area (Å²) in [5.41, 5.74) is 7.33. The largest absolute Gasteiger partial charge is 0.378 e. The van der Waals surface area contributed by atoms with Crippen molar-refractivity contribution in [1.29, 1.82) is 0 Å². The molecule has 3 rings (SSSR count). The minimum absolute atomic E-state index is 0.00674. The van der Waals surface area contributed by atoms with Gasteiger partial charge in [0.15, 0.2) is 0 Å². The van der Waals surface area contributed by atoms with Crippen LogP contribution in [0.15, 0.2) is 24.3 Å². The van der Waals surface area contributed by atoms with Gasteiger partial charge in [-0.25, -0.2) is 0 Å². The SMILES string of the molecule is Cc1ccc(Nc2nc(N3C[C@@H](C)O[C@@H](C)C3)nc(N)c2[N+](=O)[O-])cc1. The summed E-state index contributed by atoms with van der Waals surface area (Å²) in [6.07, 6.45) is 0.0135. The highest BCUT2D eigenvalue weighted by molar-refractivity contribution is 5.74. The summed E-state index contributed by atoms with van der Waals surface area (Å²) in [5, 5.41) is 14.4. The first-order chi connectivity index (χ1) is 12.3. The van der Waals surface area contributed by atoms with Crippen molar-refractivity contribution in [3.63, 3.8) is 0 Å². The van der Waals surface area contributed by atoms with Gasteiger partial charge in [-0.2, -0.15) is 9.97 Å². The van der Waals surface area contributed by atoms with Gasteiger partial charge in [-0.3, -0.25) is 10.1 Å². The van der Waals surface area contributed by atoms with Crippen molar-refractivity contribution >= 4 is 29.0 Å². The summed E-state index contributed by atoms with van der Waals surface area (Å²) in [6.45, 7) is 7.07. The maximum absolute atomic E-state index is 11.5. The predicted molar refractivity (Wildman–Crippen MR) is 99.8 cm³/mol. The Kier molecular flexibility index (Phi) is 4.90. The van der Waals surface area contributed by atoms with E-state index in [2.05, 4.69) is 15.3 Å². The zero-order valence-electron chi connectivity index (χ0n) is 15.0. The van der Waals surface area contributed by atoms with E-state index in [9.17, 15) is 10.1 Å². The Morgan fingerprint density at radius 2 is 1.85 bits per heavy atom. The Balaban J connectivity index is 1.99. The minimum atomic E-state index is -0.569. The molecule has 1 aromatic heterocycles. The van der Waals surface area contributed by atoms with E-state index in [4.69, 9.17) is 10.5 Å². The van der Waals surface area contributed by atoms with Crippen molar-refractivity contribution in [2.24, 2.45) is 0 Å². The number of nitrogens with one attached hydrogen (secondary N) is 1. The quantitative estimate of drug-likeness (QED) is 0.632. The lowest BCUT2D eigenvalue weighted by Crippen LogP contribution is -2.46. The number of nitro groups is 1. The van der Waals surface area contributed by atoms with Gasteiger partial charge >= 0.3 is 5.69 Å². The number of nitrogen functional groups attached to an aromatic ring is 1. The fourth-order valence-electron chi connectivity index (χ4n) is 2.98. The second kappa shape index (κ2) is 7.12. The first kappa shape index (κ1) is 17.9. The number of nitrogens with zero attached hydrogens (tertiary/aromatic N) is 4. The third-order valence-corrected chi connectivity index (χ3v) is 4.10. The monoisotopic (exact) mass is 358 g/mol. The molecule has 2 atom stereocenters. The van der Waals surface area contributed by atoms with Gasteiger partial charge in [0.05, 0.1) is 17.1 Å². The smallest absolute Gasteiger partial charge is 0.353 e. The van der Waals surface area contributed by atoms with Gasteiger partial charge < -0.3 is 20.7 Å². The summed E-state index contributed by atoms with van der Waals surface area (Å²) in [7, 11) is 0. The molecule has 2 aromatic rings. The van der Waals surface area contributed by atoms with Gasteiger partial charge in [-0.15, -0.1) is 0 Å². The molecule has 1 aromatic carbocycles.